The molecule has 4 heterocycles. The quantitative estimate of drug-likeness (QED) is 0.588. The van der Waals surface area contributed by atoms with E-state index in [4.69, 9.17) is 23.9 Å². The number of carbonyl (C=O) groups is 1. The third-order valence-corrected chi connectivity index (χ3v) is 6.44. The fourth-order valence-corrected chi connectivity index (χ4v) is 4.69. The second-order valence-electron chi connectivity index (χ2n) is 8.46. The van der Waals surface area contributed by atoms with Gasteiger partial charge in [-0.15, -0.1) is 0 Å². The molecule has 2 aliphatic rings. The molecular formula is C24H28N6O4. The minimum atomic E-state index is -0.278. The van der Waals surface area contributed by atoms with E-state index in [2.05, 4.69) is 10.3 Å². The lowest BCUT2D eigenvalue weighted by atomic mass is 10.1. The van der Waals surface area contributed by atoms with E-state index in [0.717, 1.165) is 28.5 Å². The zero-order valence-corrected chi connectivity index (χ0v) is 20.0. The summed E-state index contributed by atoms with van der Waals surface area (Å²) >= 11 is 0. The van der Waals surface area contributed by atoms with Crippen molar-refractivity contribution in [3.8, 4) is 17.1 Å². The summed E-state index contributed by atoms with van der Waals surface area (Å²) in [6, 6.07) is 5.42. The maximum Gasteiger partial charge on any atom is 0.249 e. The standard InChI is InChI=1S/C24H28N6O4/c1-6-17-21-22(30-12-15(32-4)10-18(30)23(31)29(21)3)28-24(27-17)26-14-7-8-16(19(9-14)33-5)20-11-25-13(2)34-20/h7-9,11,15,18H,6,10,12H2,1-5H3,(H,26,27,28)/t15-,18+/m1/s1. The van der Waals surface area contributed by atoms with Crippen molar-refractivity contribution >= 4 is 29.0 Å². The van der Waals surface area contributed by atoms with E-state index < -0.39 is 0 Å². The molecule has 0 saturated carbocycles. The molecule has 5 rings (SSSR count). The number of aryl methyl sites for hydroxylation is 2. The van der Waals surface area contributed by atoms with Gasteiger partial charge in [-0.1, -0.05) is 6.92 Å². The fourth-order valence-electron chi connectivity index (χ4n) is 4.69. The summed E-state index contributed by atoms with van der Waals surface area (Å²) in [5.74, 6) is 3.13. The van der Waals surface area contributed by atoms with Gasteiger partial charge in [0.25, 0.3) is 0 Å². The lowest BCUT2D eigenvalue weighted by Gasteiger charge is -2.37. The molecule has 1 amide bonds. The summed E-state index contributed by atoms with van der Waals surface area (Å²) in [6.07, 6.45) is 2.97. The van der Waals surface area contributed by atoms with Crippen molar-refractivity contribution in [2.24, 2.45) is 0 Å². The molecule has 10 heteroatoms. The van der Waals surface area contributed by atoms with Crippen LogP contribution in [0, 0.1) is 6.92 Å². The predicted octanol–water partition coefficient (Wildman–Crippen LogP) is 3.32. The Morgan fingerprint density at radius 3 is 2.76 bits per heavy atom. The molecular weight excluding hydrogens is 436 g/mol. The van der Waals surface area contributed by atoms with Crippen molar-refractivity contribution in [2.45, 2.75) is 38.8 Å². The molecule has 0 spiro atoms. The highest BCUT2D eigenvalue weighted by molar-refractivity contribution is 6.05. The Balaban J connectivity index is 1.51. The number of carbonyl (C=O) groups excluding carboxylic acids is 1. The van der Waals surface area contributed by atoms with Crippen molar-refractivity contribution in [2.75, 3.05) is 42.9 Å². The van der Waals surface area contributed by atoms with Crippen LogP contribution in [-0.4, -0.2) is 60.8 Å². The van der Waals surface area contributed by atoms with Crippen LogP contribution >= 0.6 is 0 Å². The molecule has 1 saturated heterocycles. The first-order valence-electron chi connectivity index (χ1n) is 11.3. The number of oxazole rings is 1. The average molecular weight is 465 g/mol. The fraction of sp³-hybridized carbons (Fsp3) is 0.417. The summed E-state index contributed by atoms with van der Waals surface area (Å²) in [7, 11) is 5.09. The van der Waals surface area contributed by atoms with Crippen LogP contribution in [0.5, 0.6) is 5.75 Å². The first-order valence-corrected chi connectivity index (χ1v) is 11.3. The molecule has 2 atom stereocenters. The predicted molar refractivity (Wildman–Crippen MR) is 128 cm³/mol. The summed E-state index contributed by atoms with van der Waals surface area (Å²) in [4.78, 5) is 30.5. The Morgan fingerprint density at radius 2 is 2.09 bits per heavy atom. The number of methoxy groups -OCH3 is 2. The number of fused-ring (bicyclic) bond motifs is 3. The Kier molecular flexibility index (Phi) is 5.60. The highest BCUT2D eigenvalue weighted by Crippen LogP contribution is 2.41. The second kappa shape index (κ2) is 8.60. The highest BCUT2D eigenvalue weighted by Gasteiger charge is 2.45. The minimum Gasteiger partial charge on any atom is -0.496 e. The Labute approximate surface area is 197 Å². The number of rotatable bonds is 6. The maximum atomic E-state index is 13.0. The van der Waals surface area contributed by atoms with Gasteiger partial charge in [0.1, 0.15) is 17.5 Å². The van der Waals surface area contributed by atoms with Crippen LogP contribution in [0.15, 0.2) is 28.8 Å². The Morgan fingerprint density at radius 1 is 1.26 bits per heavy atom. The molecule has 0 aliphatic carbocycles. The van der Waals surface area contributed by atoms with Crippen molar-refractivity contribution in [3.63, 3.8) is 0 Å². The van der Waals surface area contributed by atoms with Crippen molar-refractivity contribution in [1.82, 2.24) is 15.0 Å². The number of hydrogen-bond donors (Lipinski definition) is 1. The number of amides is 1. The normalized spacial score (nSPS) is 19.3. The molecule has 1 aromatic carbocycles. The van der Waals surface area contributed by atoms with Crippen LogP contribution in [-0.2, 0) is 16.0 Å². The van der Waals surface area contributed by atoms with Crippen LogP contribution in [0.1, 0.15) is 24.9 Å². The molecule has 3 aromatic rings. The van der Waals surface area contributed by atoms with E-state index in [9.17, 15) is 4.79 Å². The number of ether oxygens (including phenoxy) is 2. The van der Waals surface area contributed by atoms with Crippen LogP contribution in [0.2, 0.25) is 0 Å². The van der Waals surface area contributed by atoms with E-state index >= 15 is 0 Å². The maximum absolute atomic E-state index is 13.0. The largest absolute Gasteiger partial charge is 0.496 e. The van der Waals surface area contributed by atoms with Gasteiger partial charge in [-0.05, 0) is 18.6 Å². The smallest absolute Gasteiger partial charge is 0.249 e. The van der Waals surface area contributed by atoms with Gasteiger partial charge in [-0.25, -0.2) is 9.97 Å². The van der Waals surface area contributed by atoms with E-state index in [1.807, 2.05) is 30.0 Å². The van der Waals surface area contributed by atoms with Crippen molar-refractivity contribution in [3.05, 3.63) is 36.0 Å². The monoisotopic (exact) mass is 464 g/mol. The Hall–Kier alpha value is -3.66. The molecule has 0 unspecified atom stereocenters. The van der Waals surface area contributed by atoms with Gasteiger partial charge in [0, 0.05) is 45.8 Å². The number of aromatic nitrogens is 3. The van der Waals surface area contributed by atoms with Gasteiger partial charge >= 0.3 is 0 Å². The highest BCUT2D eigenvalue weighted by atomic mass is 16.5. The lowest BCUT2D eigenvalue weighted by molar-refractivity contribution is -0.119. The summed E-state index contributed by atoms with van der Waals surface area (Å²) in [6.45, 7) is 4.44. The van der Waals surface area contributed by atoms with Crippen LogP contribution in [0.3, 0.4) is 0 Å². The Bertz CT molecular complexity index is 1240. The first kappa shape index (κ1) is 22.1. The van der Waals surface area contributed by atoms with Crippen molar-refractivity contribution in [1.29, 1.82) is 0 Å². The molecule has 0 bridgehead atoms. The van der Waals surface area contributed by atoms with E-state index in [1.165, 1.54) is 0 Å². The molecule has 2 aromatic heterocycles. The van der Waals surface area contributed by atoms with E-state index in [0.29, 0.717) is 42.7 Å². The van der Waals surface area contributed by atoms with Crippen LogP contribution in [0.4, 0.5) is 23.1 Å². The zero-order valence-electron chi connectivity index (χ0n) is 20.0. The van der Waals surface area contributed by atoms with Gasteiger partial charge < -0.3 is 29.0 Å². The third kappa shape index (κ3) is 3.63. The van der Waals surface area contributed by atoms with Gasteiger partial charge in [-0.2, -0.15) is 4.98 Å². The number of nitrogens with one attached hydrogen (secondary N) is 1. The molecule has 0 radical (unpaired) electrons. The van der Waals surface area contributed by atoms with Crippen molar-refractivity contribution < 1.29 is 18.7 Å². The SMILES string of the molecule is CCc1nc(Nc2ccc(-c3cnc(C)o3)c(OC)c2)nc2c1N(C)C(=O)[C@@H]1C[C@@H](OC)CN21. The number of benzene rings is 1. The lowest BCUT2D eigenvalue weighted by Crippen LogP contribution is -2.50. The van der Waals surface area contributed by atoms with Crippen LogP contribution in [0.25, 0.3) is 11.3 Å². The molecule has 1 fully saturated rings. The second-order valence-corrected chi connectivity index (χ2v) is 8.46. The molecule has 178 valence electrons. The average Bonchev–Trinajstić information content (AvgIpc) is 3.48. The van der Waals surface area contributed by atoms with Gasteiger partial charge in [0.2, 0.25) is 11.9 Å². The van der Waals surface area contributed by atoms with E-state index in [1.54, 1.807) is 39.3 Å². The molecule has 10 nitrogen and oxygen atoms in total. The molecule has 34 heavy (non-hydrogen) atoms. The van der Waals surface area contributed by atoms with Gasteiger partial charge in [0.05, 0.1) is 30.7 Å². The number of likely N-dealkylation sites (N-methyl/N-ethyl adjacent to an activating group) is 1. The number of hydrogen-bond acceptors (Lipinski definition) is 9. The van der Waals surface area contributed by atoms with Gasteiger partial charge in [0.15, 0.2) is 17.5 Å². The van der Waals surface area contributed by atoms with E-state index in [-0.39, 0.29) is 18.1 Å². The van der Waals surface area contributed by atoms with Gasteiger partial charge in [-0.3, -0.25) is 4.79 Å². The summed E-state index contributed by atoms with van der Waals surface area (Å²) in [5.41, 5.74) is 3.15. The summed E-state index contributed by atoms with van der Waals surface area (Å²) < 4.78 is 16.8. The van der Waals surface area contributed by atoms with Crippen LogP contribution < -0.4 is 19.9 Å². The molecule has 1 N–H and O–H groups in total. The summed E-state index contributed by atoms with van der Waals surface area (Å²) in [5, 5.41) is 3.31. The number of anilines is 4. The third-order valence-electron chi connectivity index (χ3n) is 6.44. The minimum absolute atomic E-state index is 0.0127. The number of nitrogens with zero attached hydrogens (tertiary/aromatic N) is 5. The molecule has 2 aliphatic heterocycles. The topological polar surface area (TPSA) is 106 Å². The first-order chi connectivity index (χ1) is 16.4. The zero-order chi connectivity index (χ0) is 24.0.